The lowest BCUT2D eigenvalue weighted by Crippen LogP contribution is -2.60. The Bertz CT molecular complexity index is 509. The number of amides is 1. The van der Waals surface area contributed by atoms with E-state index < -0.39 is 0 Å². The van der Waals surface area contributed by atoms with E-state index in [9.17, 15) is 4.79 Å². The van der Waals surface area contributed by atoms with Crippen LogP contribution in [0.25, 0.3) is 0 Å². The minimum atomic E-state index is 0.287. The lowest BCUT2D eigenvalue weighted by atomic mass is 9.86. The average molecular weight is 315 g/mol. The van der Waals surface area contributed by atoms with Crippen LogP contribution in [-0.4, -0.2) is 33.4 Å². The van der Waals surface area contributed by atoms with Crippen molar-refractivity contribution in [3.05, 3.63) is 35.9 Å². The van der Waals surface area contributed by atoms with Gasteiger partial charge in [0.15, 0.2) is 0 Å². The third kappa shape index (κ3) is 2.58. The summed E-state index contributed by atoms with van der Waals surface area (Å²) >= 11 is 2.22. The number of fused-ring (bicyclic) bond motifs is 2. The number of hydrogen-bond acceptors (Lipinski definition) is 2. The maximum Gasteiger partial charge on any atom is 0.254 e. The molecule has 4 atom stereocenters. The van der Waals surface area contributed by atoms with Gasteiger partial charge in [-0.3, -0.25) is 4.79 Å². The number of rotatable bonds is 1. The molecule has 22 heavy (non-hydrogen) atoms. The molecule has 0 N–H and O–H groups in total. The van der Waals surface area contributed by atoms with Gasteiger partial charge >= 0.3 is 0 Å². The summed E-state index contributed by atoms with van der Waals surface area (Å²) in [6, 6.07) is 10.9. The SMILES string of the molecule is O=C(c1ccccc1)N1[C@H]2CCCC[C@@H]2S[C@@H]2CCCC[C@@H]21. The molecule has 0 spiro atoms. The van der Waals surface area contributed by atoms with Crippen LogP contribution in [-0.2, 0) is 0 Å². The molecule has 1 amide bonds. The van der Waals surface area contributed by atoms with Gasteiger partial charge in [0.25, 0.3) is 5.91 Å². The van der Waals surface area contributed by atoms with Gasteiger partial charge in [-0.15, -0.1) is 0 Å². The van der Waals surface area contributed by atoms with Crippen molar-refractivity contribution in [2.75, 3.05) is 0 Å². The normalized spacial score (nSPS) is 34.6. The first-order chi connectivity index (χ1) is 10.8. The van der Waals surface area contributed by atoms with Gasteiger partial charge in [-0.25, -0.2) is 0 Å². The molecule has 3 heteroatoms. The zero-order chi connectivity index (χ0) is 14.9. The largest absolute Gasteiger partial charge is 0.330 e. The van der Waals surface area contributed by atoms with Crippen LogP contribution < -0.4 is 0 Å². The first-order valence-corrected chi connectivity index (χ1v) is 9.82. The second-order valence-electron chi connectivity index (χ2n) is 7.00. The molecule has 1 heterocycles. The Labute approximate surface area is 137 Å². The maximum atomic E-state index is 13.2. The van der Waals surface area contributed by atoms with Crippen molar-refractivity contribution in [1.82, 2.24) is 4.90 Å². The number of carbonyl (C=O) groups excluding carboxylic acids is 1. The van der Waals surface area contributed by atoms with Gasteiger partial charge in [-0.1, -0.05) is 43.9 Å². The highest BCUT2D eigenvalue weighted by Gasteiger charge is 2.46. The highest BCUT2D eigenvalue weighted by atomic mass is 32.2. The van der Waals surface area contributed by atoms with E-state index in [4.69, 9.17) is 0 Å². The maximum absolute atomic E-state index is 13.2. The number of nitrogens with zero attached hydrogens (tertiary/aromatic N) is 1. The number of thioether (sulfide) groups is 1. The third-order valence-electron chi connectivity index (χ3n) is 5.65. The predicted octanol–water partition coefficient (Wildman–Crippen LogP) is 4.50. The fourth-order valence-corrected chi connectivity index (χ4v) is 6.56. The molecule has 118 valence electrons. The van der Waals surface area contributed by atoms with Crippen molar-refractivity contribution in [1.29, 1.82) is 0 Å². The monoisotopic (exact) mass is 315 g/mol. The molecule has 1 saturated heterocycles. The highest BCUT2D eigenvalue weighted by molar-refractivity contribution is 8.00. The van der Waals surface area contributed by atoms with Gasteiger partial charge < -0.3 is 4.90 Å². The average Bonchev–Trinajstić information content (AvgIpc) is 2.60. The summed E-state index contributed by atoms with van der Waals surface area (Å²) < 4.78 is 0. The summed E-state index contributed by atoms with van der Waals surface area (Å²) in [4.78, 5) is 15.6. The van der Waals surface area contributed by atoms with Crippen LogP contribution in [0.4, 0.5) is 0 Å². The van der Waals surface area contributed by atoms with Crippen molar-refractivity contribution >= 4 is 17.7 Å². The molecular weight excluding hydrogens is 290 g/mol. The van der Waals surface area contributed by atoms with E-state index in [1.165, 1.54) is 51.4 Å². The molecule has 1 aliphatic heterocycles. The van der Waals surface area contributed by atoms with Gasteiger partial charge in [-0.05, 0) is 37.8 Å². The van der Waals surface area contributed by atoms with E-state index in [1.807, 2.05) is 30.3 Å². The Balaban J connectivity index is 1.67. The van der Waals surface area contributed by atoms with Crippen LogP contribution in [0.2, 0.25) is 0 Å². The Morgan fingerprint density at radius 2 is 1.41 bits per heavy atom. The van der Waals surface area contributed by atoms with Crippen molar-refractivity contribution in [3.8, 4) is 0 Å². The third-order valence-corrected chi connectivity index (χ3v) is 7.45. The molecule has 4 rings (SSSR count). The van der Waals surface area contributed by atoms with Gasteiger partial charge in [0, 0.05) is 28.1 Å². The second-order valence-corrected chi connectivity index (χ2v) is 8.48. The summed E-state index contributed by atoms with van der Waals surface area (Å²) in [7, 11) is 0. The number of carbonyl (C=O) groups is 1. The molecule has 1 aromatic carbocycles. The Morgan fingerprint density at radius 1 is 0.864 bits per heavy atom. The van der Waals surface area contributed by atoms with E-state index >= 15 is 0 Å². The highest BCUT2D eigenvalue weighted by Crippen LogP contribution is 2.46. The van der Waals surface area contributed by atoms with E-state index in [0.717, 1.165) is 5.56 Å². The summed E-state index contributed by atoms with van der Waals surface area (Å²) in [5, 5.41) is 1.36. The summed E-state index contributed by atoms with van der Waals surface area (Å²) in [6.07, 6.45) is 10.3. The molecule has 3 aliphatic rings. The van der Waals surface area contributed by atoms with Gasteiger partial charge in [0.2, 0.25) is 0 Å². The minimum absolute atomic E-state index is 0.287. The fraction of sp³-hybridized carbons (Fsp3) is 0.632. The molecule has 0 bridgehead atoms. The lowest BCUT2D eigenvalue weighted by Gasteiger charge is -2.53. The van der Waals surface area contributed by atoms with Crippen molar-refractivity contribution in [3.63, 3.8) is 0 Å². The van der Waals surface area contributed by atoms with Crippen LogP contribution in [0.5, 0.6) is 0 Å². The topological polar surface area (TPSA) is 20.3 Å². The van der Waals surface area contributed by atoms with E-state index in [0.29, 0.717) is 22.6 Å². The van der Waals surface area contributed by atoms with Crippen molar-refractivity contribution in [2.45, 2.75) is 74.0 Å². The van der Waals surface area contributed by atoms with Crippen LogP contribution in [0, 0.1) is 0 Å². The molecule has 0 aromatic heterocycles. The summed E-state index contributed by atoms with van der Waals surface area (Å²) in [5.74, 6) is 0.287. The van der Waals surface area contributed by atoms with E-state index in [1.54, 1.807) is 0 Å². The van der Waals surface area contributed by atoms with Gasteiger partial charge in [-0.2, -0.15) is 11.8 Å². The van der Waals surface area contributed by atoms with Crippen LogP contribution in [0.3, 0.4) is 0 Å². The Hall–Kier alpha value is -0.960. The van der Waals surface area contributed by atoms with E-state index in [2.05, 4.69) is 16.7 Å². The molecule has 1 aromatic rings. The zero-order valence-corrected chi connectivity index (χ0v) is 13.9. The smallest absolute Gasteiger partial charge is 0.254 e. The second kappa shape index (κ2) is 6.27. The van der Waals surface area contributed by atoms with E-state index in [-0.39, 0.29) is 5.91 Å². The van der Waals surface area contributed by atoms with Gasteiger partial charge in [0.05, 0.1) is 0 Å². The quantitative estimate of drug-likeness (QED) is 0.760. The van der Waals surface area contributed by atoms with Crippen molar-refractivity contribution in [2.24, 2.45) is 0 Å². The first-order valence-electron chi connectivity index (χ1n) is 8.88. The first kappa shape index (κ1) is 14.6. The Morgan fingerprint density at radius 3 is 2.00 bits per heavy atom. The van der Waals surface area contributed by atoms with Crippen LogP contribution in [0.15, 0.2) is 30.3 Å². The molecule has 2 saturated carbocycles. The molecule has 2 aliphatic carbocycles. The minimum Gasteiger partial charge on any atom is -0.330 e. The molecule has 3 fully saturated rings. The zero-order valence-electron chi connectivity index (χ0n) is 13.1. The fourth-order valence-electron chi connectivity index (χ4n) is 4.61. The number of benzene rings is 1. The van der Waals surface area contributed by atoms with Crippen molar-refractivity contribution < 1.29 is 4.79 Å². The van der Waals surface area contributed by atoms with Crippen LogP contribution >= 0.6 is 11.8 Å². The lowest BCUT2D eigenvalue weighted by molar-refractivity contribution is 0.0437. The summed E-state index contributed by atoms with van der Waals surface area (Å²) in [5.41, 5.74) is 0.878. The standard InChI is InChI=1S/C19H25NOS/c21-19(14-8-2-1-3-9-14)20-15-10-4-6-12-17(15)22-18-13-7-5-11-16(18)20/h1-3,8-9,15-18H,4-7,10-13H2/t15-,16-,17-,18+/m0/s1. The molecule has 2 nitrogen and oxygen atoms in total. The molecule has 0 unspecified atom stereocenters. The van der Waals surface area contributed by atoms with Crippen LogP contribution in [0.1, 0.15) is 61.7 Å². The summed E-state index contributed by atoms with van der Waals surface area (Å²) in [6.45, 7) is 0. The predicted molar refractivity (Wildman–Crippen MR) is 92.3 cm³/mol. The number of hydrogen-bond donors (Lipinski definition) is 0. The Kier molecular flexibility index (Phi) is 4.17. The molecular formula is C19H25NOS. The molecule has 0 radical (unpaired) electrons. The van der Waals surface area contributed by atoms with Gasteiger partial charge in [0.1, 0.15) is 0 Å².